The standard InChI is InChI=1S/C28H38F3N7O.C25H34BrN7O2.C25H34F3N7O2.C23H30F3N7O2/c1-36-14-16-37(17-15-36)21-9-10-24(22(18-21)20-7-8-20)34-27-33-19-23(28(29,30)31)26(35-27)32-11-5-13-38-12-4-2-3-6-25(38)39;1-31-11-13-32(14-12-31)19-6-7-22(20(16-19)18-4-5-18)29-24-28-17-21(26)23(30-24)27-8-2-9-33-10-3-15-35-25(33)34;1-3-18-16-19(34-13-11-33(2)12-14-34)6-7-21(18)31-23-30-17-20(25(26,27)28)22(32-23)29-8-4-9-35-10-5-15-37-24(35)36;1-16-14-17(32-11-7-27-8-12-32)4-5-19(16)30-21-29-15-18(23(24,25)26)20(31-21)28-6-2-9-33-10-3-13-35-22(33)34/h9-10,18-20H,2-8,11-17H2,1H3,(H2,32,33,34,35);6-7,16-18H,2-5,8-15H2,1H3,(H2,27,28,29,30);6-7,16-17H,3-5,8-15H2,1-2H3,(H2,29,30,31,32);4-5,14-15,27H,2-3,6-13H2,1H3,(H2,28,29,30,31). The minimum Gasteiger partial charge on any atom is -0.449 e. The molecule has 4 aromatic carbocycles. The number of piperazine rings is 4. The molecule has 792 valence electrons. The molecule has 9 N–H and O–H groups in total. The van der Waals surface area contributed by atoms with E-state index >= 15 is 0 Å². The molecule has 2 aliphatic carbocycles. The molecule has 8 aliphatic heterocycles. The summed E-state index contributed by atoms with van der Waals surface area (Å²) in [6.45, 7) is 27.2. The Morgan fingerprint density at radius 3 is 1.10 bits per heavy atom. The van der Waals surface area contributed by atoms with E-state index in [1.807, 2.05) is 55.1 Å². The Balaban J connectivity index is 0.000000146. The van der Waals surface area contributed by atoms with Crippen LogP contribution in [0.3, 0.4) is 0 Å². The summed E-state index contributed by atoms with van der Waals surface area (Å²) in [5, 5.41) is 27.9. The number of anilines is 16. The molecule has 0 unspecified atom stereocenters. The van der Waals surface area contributed by atoms with Crippen molar-refractivity contribution in [2.24, 2.45) is 0 Å². The minimum atomic E-state index is -4.60. The second-order valence-electron chi connectivity index (χ2n) is 38.3. The lowest BCUT2D eigenvalue weighted by Crippen LogP contribution is -2.44. The number of amides is 4. The highest BCUT2D eigenvalue weighted by Crippen LogP contribution is 2.48. The molecule has 35 nitrogen and oxygen atoms in total. The Morgan fingerprint density at radius 2 is 0.719 bits per heavy atom. The van der Waals surface area contributed by atoms with Crippen LogP contribution in [0.15, 0.2) is 102 Å². The van der Waals surface area contributed by atoms with Crippen LogP contribution in [0.4, 0.5) is 146 Å². The van der Waals surface area contributed by atoms with E-state index < -0.39 is 35.2 Å². The number of rotatable bonds is 35. The molecule has 0 bridgehead atoms. The lowest BCUT2D eigenvalue weighted by molar-refractivity contribution is -0.138. The first-order valence-electron chi connectivity index (χ1n) is 51.1. The van der Waals surface area contributed by atoms with Crippen LogP contribution in [0.25, 0.3) is 0 Å². The average molecular weight is 2110 g/mol. The normalized spacial score (nSPS) is 18.0. The van der Waals surface area contributed by atoms with Gasteiger partial charge in [0, 0.05) is 260 Å². The highest BCUT2D eigenvalue weighted by molar-refractivity contribution is 9.10. The molecule has 146 heavy (non-hydrogen) atoms. The highest BCUT2D eigenvalue weighted by Gasteiger charge is 2.40. The molecule has 12 heterocycles. The predicted octanol–water partition coefficient (Wildman–Crippen LogP) is 17.1. The monoisotopic (exact) mass is 2100 g/mol. The fourth-order valence-electron chi connectivity index (χ4n) is 18.4. The van der Waals surface area contributed by atoms with Crippen molar-refractivity contribution in [2.45, 2.75) is 147 Å². The molecular formula is C101H136BrF9N28O7. The Kier molecular flexibility index (Phi) is 38.0. The lowest BCUT2D eigenvalue weighted by atomic mass is 10.1. The molecule has 8 aromatic rings. The zero-order valence-electron chi connectivity index (χ0n) is 83.8. The number of carbonyl (C=O) groups is 4. The second-order valence-corrected chi connectivity index (χ2v) is 39.2. The van der Waals surface area contributed by atoms with Gasteiger partial charge in [0.05, 0.1) is 24.3 Å². The number of benzene rings is 4. The zero-order chi connectivity index (χ0) is 103. The number of halogens is 10. The van der Waals surface area contributed by atoms with Gasteiger partial charge in [0.1, 0.15) is 40.0 Å². The number of hydrogen-bond acceptors (Lipinski definition) is 31. The third kappa shape index (κ3) is 31.2. The smallest absolute Gasteiger partial charge is 0.421 e. The number of ether oxygens (including phenoxy) is 3. The first kappa shape index (κ1) is 108. The molecule has 0 radical (unpaired) electrons. The summed E-state index contributed by atoms with van der Waals surface area (Å²) in [6.07, 6.45) is 2.92. The Hall–Kier alpha value is -12.2. The molecule has 0 spiro atoms. The molecule has 18 rings (SSSR count). The van der Waals surface area contributed by atoms with Gasteiger partial charge in [0.2, 0.25) is 29.7 Å². The van der Waals surface area contributed by atoms with Gasteiger partial charge in [-0.1, -0.05) is 13.3 Å². The van der Waals surface area contributed by atoms with Crippen LogP contribution >= 0.6 is 15.9 Å². The minimum absolute atomic E-state index is 0.0677. The third-order valence-electron chi connectivity index (χ3n) is 27.3. The zero-order valence-corrected chi connectivity index (χ0v) is 85.3. The van der Waals surface area contributed by atoms with E-state index in [-0.39, 0.29) is 79.1 Å². The molecular weight excluding hydrogens is 1970 g/mol. The number of hydrogen-bond donors (Lipinski definition) is 9. The van der Waals surface area contributed by atoms with Crippen LogP contribution in [0.5, 0.6) is 0 Å². The largest absolute Gasteiger partial charge is 0.449 e. The van der Waals surface area contributed by atoms with Crippen LogP contribution in [-0.4, -0.2) is 323 Å². The number of cyclic esters (lactones) is 3. The SMILES string of the molecule is CCc1cc(N2CCN(C)CC2)ccc1Nc1ncc(C(F)(F)F)c(NCCCN2CCCOC2=O)n1.CN1CCN(c2ccc(Nc3ncc(Br)c(NCCCN4CCCOC4=O)n3)c(C3CC3)c2)CC1.CN1CCN(c2ccc(Nc3ncc(C(F)(F)F)c(NCCCN4CCCCCC4=O)n3)c(C3CC3)c2)CC1.Cc1cc(N2CCNCC2)ccc1Nc1ncc(C(F)(F)F)c(NCCCN2CCCOC2=O)n1. The molecule has 45 heteroatoms. The maximum Gasteiger partial charge on any atom is 0.421 e. The van der Waals surface area contributed by atoms with E-state index in [1.54, 1.807) is 20.9 Å². The summed E-state index contributed by atoms with van der Waals surface area (Å²) < 4.78 is 138. The van der Waals surface area contributed by atoms with Crippen LogP contribution < -0.4 is 67.5 Å². The van der Waals surface area contributed by atoms with Crippen LogP contribution in [0.1, 0.15) is 154 Å². The van der Waals surface area contributed by atoms with Crippen LogP contribution in [-0.2, 0) is 44.0 Å². The summed E-state index contributed by atoms with van der Waals surface area (Å²) in [5.41, 5.74) is 9.83. The molecule has 4 aromatic heterocycles. The van der Waals surface area contributed by atoms with Gasteiger partial charge in [-0.2, -0.15) is 59.4 Å². The summed E-state index contributed by atoms with van der Waals surface area (Å²) in [6, 6.07) is 25.0. The van der Waals surface area contributed by atoms with Crippen LogP contribution in [0.2, 0.25) is 0 Å². The fraction of sp³-hybridized carbons (Fsp3) is 0.564. The highest BCUT2D eigenvalue weighted by atomic mass is 79.9. The molecule has 10 aliphatic rings. The second kappa shape index (κ2) is 51.4. The number of likely N-dealkylation sites (tertiary alicyclic amines) is 1. The van der Waals surface area contributed by atoms with Gasteiger partial charge in [-0.25, -0.2) is 34.3 Å². The van der Waals surface area contributed by atoms with E-state index in [9.17, 15) is 58.7 Å². The average Bonchev–Trinajstić information content (AvgIpc) is 1.60. The van der Waals surface area contributed by atoms with Gasteiger partial charge in [0.15, 0.2) is 0 Å². The quantitative estimate of drug-likeness (QED) is 0.0101. The third-order valence-corrected chi connectivity index (χ3v) is 27.9. The number of carbonyl (C=O) groups excluding carboxylic acids is 4. The van der Waals surface area contributed by atoms with Gasteiger partial charge in [-0.3, -0.25) is 4.79 Å². The number of nitrogens with zero attached hydrogens (tertiary/aromatic N) is 19. The fourth-order valence-corrected chi connectivity index (χ4v) is 18.8. The van der Waals surface area contributed by atoms with Crippen molar-refractivity contribution in [3.63, 3.8) is 0 Å². The van der Waals surface area contributed by atoms with Gasteiger partial charge in [0.25, 0.3) is 0 Å². The number of aryl methyl sites for hydroxylation is 2. The maximum absolute atomic E-state index is 13.7. The molecule has 0 atom stereocenters. The van der Waals surface area contributed by atoms with Crippen molar-refractivity contribution in [3.8, 4) is 0 Å². The number of alkyl halides is 9. The van der Waals surface area contributed by atoms with Crippen molar-refractivity contribution in [1.82, 2.24) is 79.5 Å². The maximum atomic E-state index is 13.7. The lowest BCUT2D eigenvalue weighted by Gasteiger charge is -2.34. The Labute approximate surface area is 854 Å². The topological polar surface area (TPSA) is 343 Å². The first-order chi connectivity index (χ1) is 70.4. The van der Waals surface area contributed by atoms with E-state index in [0.717, 1.165) is 255 Å². The Morgan fingerprint density at radius 1 is 0.384 bits per heavy atom. The predicted molar refractivity (Wildman–Crippen MR) is 552 cm³/mol. The van der Waals surface area contributed by atoms with E-state index in [0.29, 0.717) is 116 Å². The van der Waals surface area contributed by atoms with E-state index in [4.69, 9.17) is 19.2 Å². The summed E-state index contributed by atoms with van der Waals surface area (Å²) >= 11 is 3.55. The van der Waals surface area contributed by atoms with Crippen molar-refractivity contribution < 1.29 is 72.9 Å². The summed E-state index contributed by atoms with van der Waals surface area (Å²) in [7, 11) is 6.43. The molecule has 4 amide bonds. The van der Waals surface area contributed by atoms with Gasteiger partial charge in [-0.05, 0) is 241 Å². The first-order valence-corrected chi connectivity index (χ1v) is 51.9. The van der Waals surface area contributed by atoms with Crippen molar-refractivity contribution >= 4 is 133 Å². The number of likely N-dealkylation sites (N-methyl/N-ethyl adjacent to an activating group) is 3. The molecule has 10 fully saturated rings. The van der Waals surface area contributed by atoms with E-state index in [1.165, 1.54) is 29.8 Å². The number of nitrogens with one attached hydrogen (secondary N) is 9. The van der Waals surface area contributed by atoms with Gasteiger partial charge in [-0.15, -0.1) is 0 Å². The number of aromatic nitrogens is 8. The van der Waals surface area contributed by atoms with Crippen molar-refractivity contribution in [3.05, 3.63) is 141 Å². The summed E-state index contributed by atoms with van der Waals surface area (Å²) in [5.74, 6) is 1.93. The Bertz CT molecular complexity index is 5650. The molecule has 2 saturated carbocycles. The summed E-state index contributed by atoms with van der Waals surface area (Å²) in [4.78, 5) is 104. The van der Waals surface area contributed by atoms with Crippen molar-refractivity contribution in [1.29, 1.82) is 0 Å². The van der Waals surface area contributed by atoms with E-state index in [2.05, 4.69) is 191 Å². The van der Waals surface area contributed by atoms with Gasteiger partial charge >= 0.3 is 36.8 Å². The van der Waals surface area contributed by atoms with Crippen LogP contribution in [0, 0.1) is 6.92 Å². The van der Waals surface area contributed by atoms with Crippen molar-refractivity contribution in [2.75, 3.05) is 286 Å². The molecule has 8 saturated heterocycles. The van der Waals surface area contributed by atoms with Gasteiger partial charge < -0.3 is 116 Å².